The Morgan fingerprint density at radius 2 is 2.24 bits per heavy atom. The minimum Gasteiger partial charge on any atom is -0.497 e. The van der Waals surface area contributed by atoms with Gasteiger partial charge in [-0.25, -0.2) is 4.79 Å². The Hall–Kier alpha value is -1.77. The highest BCUT2D eigenvalue weighted by atomic mass is 16.5. The molecule has 0 aromatic heterocycles. The largest absolute Gasteiger partial charge is 0.497 e. The van der Waals surface area contributed by atoms with Crippen LogP contribution in [0, 0.1) is 5.92 Å². The lowest BCUT2D eigenvalue weighted by atomic mass is 9.81. The fraction of sp³-hybridized carbons (Fsp3) is 0.357. The van der Waals surface area contributed by atoms with Crippen molar-refractivity contribution in [2.24, 2.45) is 5.92 Å². The molecular formula is C14H16O3. The second kappa shape index (κ2) is 4.62. The van der Waals surface area contributed by atoms with Crippen LogP contribution in [0.15, 0.2) is 24.3 Å². The molecule has 0 heterocycles. The van der Waals surface area contributed by atoms with Crippen LogP contribution in [-0.2, 0) is 11.2 Å². The zero-order chi connectivity index (χ0) is 12.4. The first-order valence-corrected chi connectivity index (χ1v) is 5.71. The number of carbonyl (C=O) groups is 1. The third-order valence-corrected chi connectivity index (χ3v) is 3.10. The first-order valence-electron chi connectivity index (χ1n) is 5.71. The molecule has 1 N–H and O–H groups in total. The molecule has 0 saturated heterocycles. The quantitative estimate of drug-likeness (QED) is 0.797. The maximum atomic E-state index is 10.8. The standard InChI is InChI=1S/C14H16O3/c1-9-5-10-3-4-12(17-2)8-13(10)11(6-9)7-14(15)16/h3-4,7-9H,5-6H2,1-2H3,(H,15,16)/b11-7+. The van der Waals surface area contributed by atoms with Crippen molar-refractivity contribution < 1.29 is 14.6 Å². The van der Waals surface area contributed by atoms with Crippen molar-refractivity contribution in [3.63, 3.8) is 0 Å². The third kappa shape index (κ3) is 2.49. The van der Waals surface area contributed by atoms with E-state index in [1.165, 1.54) is 11.6 Å². The van der Waals surface area contributed by atoms with E-state index in [4.69, 9.17) is 9.84 Å². The van der Waals surface area contributed by atoms with Gasteiger partial charge in [-0.15, -0.1) is 0 Å². The zero-order valence-corrected chi connectivity index (χ0v) is 10.1. The summed E-state index contributed by atoms with van der Waals surface area (Å²) >= 11 is 0. The van der Waals surface area contributed by atoms with Crippen LogP contribution in [0.3, 0.4) is 0 Å². The molecule has 1 aromatic carbocycles. The van der Waals surface area contributed by atoms with Crippen LogP contribution in [0.25, 0.3) is 5.57 Å². The van der Waals surface area contributed by atoms with Crippen LogP contribution in [0.4, 0.5) is 0 Å². The highest BCUT2D eigenvalue weighted by molar-refractivity contribution is 5.91. The van der Waals surface area contributed by atoms with E-state index in [-0.39, 0.29) is 0 Å². The number of carboxylic acid groups (broad SMARTS) is 1. The van der Waals surface area contributed by atoms with Gasteiger partial charge in [-0.05, 0) is 47.6 Å². The van der Waals surface area contributed by atoms with E-state index in [0.717, 1.165) is 29.7 Å². The van der Waals surface area contributed by atoms with Crippen molar-refractivity contribution in [3.8, 4) is 5.75 Å². The highest BCUT2D eigenvalue weighted by Gasteiger charge is 2.20. The Bertz CT molecular complexity index is 474. The lowest BCUT2D eigenvalue weighted by molar-refractivity contribution is -0.131. The van der Waals surface area contributed by atoms with Crippen LogP contribution in [0.1, 0.15) is 24.5 Å². The summed E-state index contributed by atoms with van der Waals surface area (Å²) in [5.41, 5.74) is 3.12. The number of methoxy groups -OCH3 is 1. The van der Waals surface area contributed by atoms with Crippen LogP contribution < -0.4 is 4.74 Å². The Morgan fingerprint density at radius 3 is 2.88 bits per heavy atom. The molecule has 0 bridgehead atoms. The van der Waals surface area contributed by atoms with Gasteiger partial charge in [-0.3, -0.25) is 0 Å². The topological polar surface area (TPSA) is 46.5 Å². The van der Waals surface area contributed by atoms with Gasteiger partial charge in [0.25, 0.3) is 0 Å². The fourth-order valence-electron chi connectivity index (χ4n) is 2.38. The van der Waals surface area contributed by atoms with E-state index in [1.54, 1.807) is 7.11 Å². The van der Waals surface area contributed by atoms with Crippen molar-refractivity contribution >= 4 is 11.5 Å². The fourth-order valence-corrected chi connectivity index (χ4v) is 2.38. The van der Waals surface area contributed by atoms with Crippen molar-refractivity contribution in [3.05, 3.63) is 35.4 Å². The molecule has 17 heavy (non-hydrogen) atoms. The number of fused-ring (bicyclic) bond motifs is 1. The Morgan fingerprint density at radius 1 is 1.47 bits per heavy atom. The van der Waals surface area contributed by atoms with Crippen molar-refractivity contribution in [1.29, 1.82) is 0 Å². The number of rotatable bonds is 2. The second-order valence-corrected chi connectivity index (χ2v) is 4.54. The number of benzene rings is 1. The molecule has 3 heteroatoms. The van der Waals surface area contributed by atoms with Crippen LogP contribution in [0.5, 0.6) is 5.75 Å². The summed E-state index contributed by atoms with van der Waals surface area (Å²) in [6, 6.07) is 5.88. The first kappa shape index (κ1) is 11.7. The van der Waals surface area contributed by atoms with Crippen LogP contribution in [-0.4, -0.2) is 18.2 Å². The minimum atomic E-state index is -0.886. The molecule has 1 unspecified atom stereocenters. The molecule has 1 aliphatic carbocycles. The Kier molecular flexibility index (Phi) is 3.18. The van der Waals surface area contributed by atoms with E-state index in [0.29, 0.717) is 5.92 Å². The summed E-state index contributed by atoms with van der Waals surface area (Å²) in [6.45, 7) is 2.14. The van der Waals surface area contributed by atoms with E-state index in [2.05, 4.69) is 6.92 Å². The maximum absolute atomic E-state index is 10.8. The van der Waals surface area contributed by atoms with Crippen molar-refractivity contribution in [1.82, 2.24) is 0 Å². The number of allylic oxidation sites excluding steroid dienone is 1. The molecule has 1 aromatic rings. The molecule has 0 amide bonds. The molecule has 0 spiro atoms. The maximum Gasteiger partial charge on any atom is 0.328 e. The molecule has 2 rings (SSSR count). The van der Waals surface area contributed by atoms with Gasteiger partial charge in [0, 0.05) is 6.08 Å². The summed E-state index contributed by atoms with van der Waals surface area (Å²) in [4.78, 5) is 10.8. The molecule has 0 radical (unpaired) electrons. The lowest BCUT2D eigenvalue weighted by Crippen LogP contribution is -2.11. The van der Waals surface area contributed by atoms with E-state index >= 15 is 0 Å². The molecule has 1 aliphatic rings. The third-order valence-electron chi connectivity index (χ3n) is 3.10. The Labute approximate surface area is 101 Å². The summed E-state index contributed by atoms with van der Waals surface area (Å²) in [6.07, 6.45) is 3.12. The van der Waals surface area contributed by atoms with Crippen molar-refractivity contribution in [2.75, 3.05) is 7.11 Å². The van der Waals surface area contributed by atoms with Crippen LogP contribution >= 0.6 is 0 Å². The first-order chi connectivity index (χ1) is 8.10. The molecule has 3 nitrogen and oxygen atoms in total. The molecule has 0 aliphatic heterocycles. The lowest BCUT2D eigenvalue weighted by Gasteiger charge is -2.24. The van der Waals surface area contributed by atoms with E-state index in [1.807, 2.05) is 18.2 Å². The number of hydrogen-bond acceptors (Lipinski definition) is 2. The number of aliphatic carboxylic acids is 1. The zero-order valence-electron chi connectivity index (χ0n) is 10.1. The average Bonchev–Trinajstić information content (AvgIpc) is 2.27. The summed E-state index contributed by atoms with van der Waals surface area (Å²) in [5.74, 6) is 0.374. The average molecular weight is 232 g/mol. The van der Waals surface area contributed by atoms with Gasteiger partial charge in [-0.1, -0.05) is 13.0 Å². The predicted molar refractivity (Wildman–Crippen MR) is 66.1 cm³/mol. The second-order valence-electron chi connectivity index (χ2n) is 4.54. The van der Waals surface area contributed by atoms with Gasteiger partial charge in [0.15, 0.2) is 0 Å². The summed E-state index contributed by atoms with van der Waals surface area (Å²) in [7, 11) is 1.62. The molecule has 90 valence electrons. The molecular weight excluding hydrogens is 216 g/mol. The number of ether oxygens (including phenoxy) is 1. The summed E-state index contributed by atoms with van der Waals surface area (Å²) in [5, 5.41) is 8.90. The normalized spacial score (nSPS) is 21.1. The molecule has 0 fully saturated rings. The SMILES string of the molecule is COc1ccc2c(c1)/C(=C/C(=O)O)CC(C)C2. The highest BCUT2D eigenvalue weighted by Crippen LogP contribution is 2.35. The van der Waals surface area contributed by atoms with Gasteiger partial charge in [0.2, 0.25) is 0 Å². The molecule has 0 saturated carbocycles. The number of hydrogen-bond donors (Lipinski definition) is 1. The minimum absolute atomic E-state index is 0.487. The monoisotopic (exact) mass is 232 g/mol. The molecule has 1 atom stereocenters. The van der Waals surface area contributed by atoms with Crippen molar-refractivity contribution in [2.45, 2.75) is 19.8 Å². The van der Waals surface area contributed by atoms with Crippen LogP contribution in [0.2, 0.25) is 0 Å². The van der Waals surface area contributed by atoms with E-state index < -0.39 is 5.97 Å². The van der Waals surface area contributed by atoms with Gasteiger partial charge < -0.3 is 9.84 Å². The summed E-state index contributed by atoms with van der Waals surface area (Å²) < 4.78 is 5.19. The van der Waals surface area contributed by atoms with Gasteiger partial charge in [-0.2, -0.15) is 0 Å². The van der Waals surface area contributed by atoms with Gasteiger partial charge >= 0.3 is 5.97 Å². The van der Waals surface area contributed by atoms with E-state index in [9.17, 15) is 4.79 Å². The van der Waals surface area contributed by atoms with Gasteiger partial charge in [0.05, 0.1) is 7.11 Å². The predicted octanol–water partition coefficient (Wildman–Crippen LogP) is 2.75. The number of carboxylic acids is 1. The van der Waals surface area contributed by atoms with Gasteiger partial charge in [0.1, 0.15) is 5.75 Å². The Balaban J connectivity index is 2.49. The smallest absolute Gasteiger partial charge is 0.328 e.